The van der Waals surface area contributed by atoms with Crippen LogP contribution in [0.2, 0.25) is 5.02 Å². The minimum absolute atomic E-state index is 0.0808. The van der Waals surface area contributed by atoms with Crippen molar-refractivity contribution in [3.63, 3.8) is 0 Å². The predicted molar refractivity (Wildman–Crippen MR) is 122 cm³/mol. The molecule has 0 bridgehead atoms. The SMILES string of the molecule is CN1CCc2cc(C(CNC(=O)c3ccc([N+](=O)[O-])cc3Cl)N3CCCCC3)ccc21. The molecule has 4 rings (SSSR count). The topological polar surface area (TPSA) is 78.7 Å². The van der Waals surface area contributed by atoms with E-state index in [1.165, 1.54) is 41.4 Å². The van der Waals surface area contributed by atoms with E-state index in [9.17, 15) is 14.9 Å². The summed E-state index contributed by atoms with van der Waals surface area (Å²) >= 11 is 6.15. The van der Waals surface area contributed by atoms with Crippen LogP contribution in [0.1, 0.15) is 46.8 Å². The van der Waals surface area contributed by atoms with Crippen molar-refractivity contribution in [1.82, 2.24) is 10.2 Å². The number of hydrogen-bond acceptors (Lipinski definition) is 5. The Hall–Kier alpha value is -2.64. The van der Waals surface area contributed by atoms with Gasteiger partial charge in [0, 0.05) is 38.0 Å². The highest BCUT2D eigenvalue weighted by Crippen LogP contribution is 2.32. The zero-order valence-electron chi connectivity index (χ0n) is 17.6. The summed E-state index contributed by atoms with van der Waals surface area (Å²) in [4.78, 5) is 27.9. The number of carbonyl (C=O) groups excluding carboxylic acids is 1. The number of likely N-dealkylation sites (tertiary alicyclic amines) is 1. The Kier molecular flexibility index (Phi) is 6.43. The molecule has 2 heterocycles. The van der Waals surface area contributed by atoms with E-state index in [-0.39, 0.29) is 28.2 Å². The number of anilines is 1. The number of piperidine rings is 1. The summed E-state index contributed by atoms with van der Waals surface area (Å²) in [5, 5.41) is 14.0. The van der Waals surface area contributed by atoms with Gasteiger partial charge in [0.05, 0.1) is 21.6 Å². The molecule has 2 aromatic rings. The molecule has 2 aliphatic heterocycles. The minimum Gasteiger partial charge on any atom is -0.374 e. The van der Waals surface area contributed by atoms with Crippen molar-refractivity contribution >= 4 is 28.9 Å². The maximum atomic E-state index is 12.8. The van der Waals surface area contributed by atoms with Crippen molar-refractivity contribution < 1.29 is 9.72 Å². The summed E-state index contributed by atoms with van der Waals surface area (Å²) in [7, 11) is 2.11. The van der Waals surface area contributed by atoms with Crippen LogP contribution < -0.4 is 10.2 Å². The lowest BCUT2D eigenvalue weighted by molar-refractivity contribution is -0.384. The third kappa shape index (κ3) is 4.67. The standard InChI is InChI=1S/C23H27ClN4O3/c1-26-12-9-17-13-16(5-8-21(17)26)22(27-10-3-2-4-11-27)15-25-23(29)19-7-6-18(28(30)31)14-20(19)24/h5-8,13-14,22H,2-4,9-12,15H2,1H3,(H,25,29). The number of benzene rings is 2. The molecule has 2 aliphatic rings. The number of nitro benzene ring substituents is 1. The van der Waals surface area contributed by atoms with Crippen LogP contribution in [0, 0.1) is 10.1 Å². The molecule has 1 saturated heterocycles. The summed E-state index contributed by atoms with van der Waals surface area (Å²) < 4.78 is 0. The van der Waals surface area contributed by atoms with E-state index in [4.69, 9.17) is 11.6 Å². The molecule has 1 unspecified atom stereocenters. The number of nitrogens with one attached hydrogen (secondary N) is 1. The second-order valence-corrected chi connectivity index (χ2v) is 8.71. The first-order valence-electron chi connectivity index (χ1n) is 10.7. The van der Waals surface area contributed by atoms with Crippen LogP contribution in [-0.2, 0) is 6.42 Å². The van der Waals surface area contributed by atoms with E-state index in [1.54, 1.807) is 0 Å². The van der Waals surface area contributed by atoms with Gasteiger partial charge in [-0.05, 0) is 55.6 Å². The zero-order valence-corrected chi connectivity index (χ0v) is 18.4. The second kappa shape index (κ2) is 9.24. The van der Waals surface area contributed by atoms with Crippen molar-refractivity contribution in [2.45, 2.75) is 31.7 Å². The van der Waals surface area contributed by atoms with E-state index in [0.29, 0.717) is 6.54 Å². The summed E-state index contributed by atoms with van der Waals surface area (Å²) in [6.07, 6.45) is 4.60. The van der Waals surface area contributed by atoms with Gasteiger partial charge in [-0.2, -0.15) is 0 Å². The molecule has 8 heteroatoms. The molecule has 1 amide bonds. The number of hydrogen-bond donors (Lipinski definition) is 1. The average molecular weight is 443 g/mol. The minimum atomic E-state index is -0.523. The molecule has 1 atom stereocenters. The van der Waals surface area contributed by atoms with Gasteiger partial charge >= 0.3 is 0 Å². The molecular weight excluding hydrogens is 416 g/mol. The summed E-state index contributed by atoms with van der Waals surface area (Å²) in [6.45, 7) is 3.51. The Morgan fingerprint density at radius 2 is 1.94 bits per heavy atom. The Morgan fingerprint density at radius 1 is 1.16 bits per heavy atom. The number of likely N-dealkylation sites (N-methyl/N-ethyl adjacent to an activating group) is 1. The van der Waals surface area contributed by atoms with Gasteiger partial charge in [-0.15, -0.1) is 0 Å². The Bertz CT molecular complexity index is 991. The average Bonchev–Trinajstić information content (AvgIpc) is 3.14. The molecule has 1 N–H and O–H groups in total. The van der Waals surface area contributed by atoms with Crippen LogP contribution in [0.3, 0.4) is 0 Å². The number of nitro groups is 1. The Labute approximate surface area is 187 Å². The molecule has 7 nitrogen and oxygen atoms in total. The Morgan fingerprint density at radius 3 is 2.65 bits per heavy atom. The molecule has 0 aromatic heterocycles. The first-order valence-corrected chi connectivity index (χ1v) is 11.1. The summed E-state index contributed by atoms with van der Waals surface area (Å²) in [6, 6.07) is 10.7. The molecule has 0 radical (unpaired) electrons. The van der Waals surface area contributed by atoms with E-state index in [1.807, 2.05) is 0 Å². The number of carbonyl (C=O) groups is 1. The van der Waals surface area contributed by atoms with Crippen LogP contribution in [0.15, 0.2) is 36.4 Å². The smallest absolute Gasteiger partial charge is 0.270 e. The molecule has 0 spiro atoms. The molecule has 0 saturated carbocycles. The third-order valence-electron chi connectivity index (χ3n) is 6.31. The van der Waals surface area contributed by atoms with Crippen molar-refractivity contribution in [3.8, 4) is 0 Å². The van der Waals surface area contributed by atoms with Gasteiger partial charge < -0.3 is 10.2 Å². The maximum Gasteiger partial charge on any atom is 0.270 e. The largest absolute Gasteiger partial charge is 0.374 e. The molecular formula is C23H27ClN4O3. The van der Waals surface area contributed by atoms with Gasteiger partial charge in [0.25, 0.3) is 11.6 Å². The molecule has 0 aliphatic carbocycles. The highest BCUT2D eigenvalue weighted by Gasteiger charge is 2.26. The van der Waals surface area contributed by atoms with E-state index < -0.39 is 4.92 Å². The van der Waals surface area contributed by atoms with Crippen LogP contribution in [0.4, 0.5) is 11.4 Å². The van der Waals surface area contributed by atoms with E-state index >= 15 is 0 Å². The number of non-ortho nitro benzene ring substituents is 1. The van der Waals surface area contributed by atoms with Crippen LogP contribution in [-0.4, -0.2) is 49.0 Å². The third-order valence-corrected chi connectivity index (χ3v) is 6.62. The van der Waals surface area contributed by atoms with Gasteiger partial charge in [-0.3, -0.25) is 19.8 Å². The molecule has 31 heavy (non-hydrogen) atoms. The lowest BCUT2D eigenvalue weighted by Crippen LogP contribution is -2.40. The number of amides is 1. The Balaban J connectivity index is 1.53. The fraction of sp³-hybridized carbons (Fsp3) is 0.435. The normalized spacial score (nSPS) is 17.3. The lowest BCUT2D eigenvalue weighted by Gasteiger charge is -2.35. The van der Waals surface area contributed by atoms with Crippen molar-refractivity contribution in [2.24, 2.45) is 0 Å². The monoisotopic (exact) mass is 442 g/mol. The van der Waals surface area contributed by atoms with Gasteiger partial charge in [0.2, 0.25) is 0 Å². The number of nitrogens with zero attached hydrogens (tertiary/aromatic N) is 3. The second-order valence-electron chi connectivity index (χ2n) is 8.30. The van der Waals surface area contributed by atoms with Crippen LogP contribution in [0.25, 0.3) is 0 Å². The molecule has 2 aromatic carbocycles. The van der Waals surface area contributed by atoms with Crippen molar-refractivity contribution in [3.05, 3.63) is 68.2 Å². The highest BCUT2D eigenvalue weighted by molar-refractivity contribution is 6.34. The molecule has 1 fully saturated rings. The summed E-state index contributed by atoms with van der Waals surface area (Å²) in [5.74, 6) is -0.317. The van der Waals surface area contributed by atoms with Crippen molar-refractivity contribution in [2.75, 3.05) is 38.1 Å². The lowest BCUT2D eigenvalue weighted by atomic mass is 9.98. The fourth-order valence-electron chi connectivity index (χ4n) is 4.57. The van der Waals surface area contributed by atoms with Crippen LogP contribution >= 0.6 is 11.6 Å². The number of halogens is 1. The van der Waals surface area contributed by atoms with Gasteiger partial charge in [0.1, 0.15) is 0 Å². The van der Waals surface area contributed by atoms with E-state index in [0.717, 1.165) is 38.9 Å². The highest BCUT2D eigenvalue weighted by atomic mass is 35.5. The summed E-state index contributed by atoms with van der Waals surface area (Å²) in [5.41, 5.74) is 3.97. The first-order chi connectivity index (χ1) is 14.9. The van der Waals surface area contributed by atoms with Gasteiger partial charge in [-0.1, -0.05) is 30.2 Å². The predicted octanol–water partition coefficient (Wildman–Crippen LogP) is 4.20. The number of fused-ring (bicyclic) bond motifs is 1. The molecule has 164 valence electrons. The van der Waals surface area contributed by atoms with Gasteiger partial charge in [0.15, 0.2) is 0 Å². The fourth-order valence-corrected chi connectivity index (χ4v) is 4.83. The number of rotatable bonds is 6. The quantitative estimate of drug-likeness (QED) is 0.535. The van der Waals surface area contributed by atoms with Crippen molar-refractivity contribution in [1.29, 1.82) is 0 Å². The maximum absolute atomic E-state index is 12.8. The zero-order chi connectivity index (χ0) is 22.0. The first kappa shape index (κ1) is 21.6. The van der Waals surface area contributed by atoms with Gasteiger partial charge in [-0.25, -0.2) is 0 Å². The van der Waals surface area contributed by atoms with E-state index in [2.05, 4.69) is 40.4 Å². The van der Waals surface area contributed by atoms with Crippen LogP contribution in [0.5, 0.6) is 0 Å².